The maximum Gasteiger partial charge on any atom is 0.343 e. The van der Waals surface area contributed by atoms with Crippen molar-refractivity contribution in [1.82, 2.24) is 14.8 Å². The average molecular weight is 383 g/mol. The number of ether oxygens (including phenoxy) is 1. The van der Waals surface area contributed by atoms with E-state index in [1.54, 1.807) is 7.11 Å². The number of methoxy groups -OCH3 is 1. The summed E-state index contributed by atoms with van der Waals surface area (Å²) in [4.78, 5) is 24.3. The first kappa shape index (κ1) is 19.1. The number of benzene rings is 2. The monoisotopic (exact) mass is 383 g/mol. The molecular weight excluding hydrogens is 362 g/mol. The maximum atomic E-state index is 12.5. The fourth-order valence-electron chi connectivity index (χ4n) is 2.67. The van der Waals surface area contributed by atoms with Crippen LogP contribution in [0.2, 0.25) is 0 Å². The summed E-state index contributed by atoms with van der Waals surface area (Å²) in [6.45, 7) is 1.07. The van der Waals surface area contributed by atoms with Gasteiger partial charge in [-0.3, -0.25) is 9.36 Å². The first-order valence-corrected chi connectivity index (χ1v) is 9.63. The summed E-state index contributed by atoms with van der Waals surface area (Å²) in [5.41, 5.74) is 2.56. The molecule has 0 bridgehead atoms. The molecule has 27 heavy (non-hydrogen) atoms. The van der Waals surface area contributed by atoms with Crippen molar-refractivity contribution in [2.45, 2.75) is 18.1 Å². The highest BCUT2D eigenvalue weighted by atomic mass is 32.2. The number of thioether (sulfide) groups is 1. The van der Waals surface area contributed by atoms with Crippen LogP contribution in [0.5, 0.6) is 0 Å². The molecule has 0 unspecified atom stereocenters. The first-order chi connectivity index (χ1) is 13.2. The molecular formula is C20H21N3O3S. The van der Waals surface area contributed by atoms with Crippen molar-refractivity contribution >= 4 is 17.5 Å². The van der Waals surface area contributed by atoms with E-state index >= 15 is 0 Å². The average Bonchev–Trinajstić information content (AvgIpc) is 3.07. The van der Waals surface area contributed by atoms with E-state index in [0.717, 1.165) is 11.1 Å². The van der Waals surface area contributed by atoms with Gasteiger partial charge in [-0.05, 0) is 17.5 Å². The maximum absolute atomic E-state index is 12.5. The number of Topliss-reactive ketones (excluding diaryl/α,β-unsaturated/α-hetero) is 1. The molecule has 0 aliphatic carbocycles. The number of nitrogens with one attached hydrogen (secondary N) is 1. The Morgan fingerprint density at radius 3 is 2.52 bits per heavy atom. The van der Waals surface area contributed by atoms with Crippen molar-refractivity contribution in [3.05, 3.63) is 70.6 Å². The Morgan fingerprint density at radius 2 is 1.81 bits per heavy atom. The molecule has 1 N–H and O–H groups in total. The predicted octanol–water partition coefficient (Wildman–Crippen LogP) is 3.25. The van der Waals surface area contributed by atoms with Crippen molar-refractivity contribution in [3.63, 3.8) is 0 Å². The number of H-pyrrole nitrogens is 1. The van der Waals surface area contributed by atoms with Gasteiger partial charge in [-0.1, -0.05) is 66.4 Å². The molecule has 7 heteroatoms. The van der Waals surface area contributed by atoms with E-state index < -0.39 is 0 Å². The van der Waals surface area contributed by atoms with Gasteiger partial charge in [0.05, 0.1) is 5.75 Å². The molecule has 2 aromatic carbocycles. The van der Waals surface area contributed by atoms with Crippen molar-refractivity contribution in [2.24, 2.45) is 0 Å². The zero-order valence-electron chi connectivity index (χ0n) is 15.1. The third kappa shape index (κ3) is 4.96. The van der Waals surface area contributed by atoms with E-state index in [1.807, 2.05) is 54.6 Å². The number of carbonyl (C=O) groups excluding carboxylic acids is 1. The molecule has 1 heterocycles. The number of hydrogen-bond donors (Lipinski definition) is 1. The number of aromatic nitrogens is 3. The standard InChI is InChI=1S/C20H21N3O3S/c1-26-13-5-12-23-19(25)21-22-20(23)27-14-18(24)17-10-8-16(9-11-17)15-6-3-2-4-7-15/h2-4,6-11H,5,12-14H2,1H3,(H,21,25). The Balaban J connectivity index is 1.62. The molecule has 0 aliphatic heterocycles. The number of nitrogens with zero attached hydrogens (tertiary/aromatic N) is 2. The third-order valence-electron chi connectivity index (χ3n) is 4.10. The van der Waals surface area contributed by atoms with Crippen LogP contribution in [0, 0.1) is 0 Å². The van der Waals surface area contributed by atoms with Gasteiger partial charge in [0.2, 0.25) is 0 Å². The smallest absolute Gasteiger partial charge is 0.343 e. The van der Waals surface area contributed by atoms with E-state index in [0.29, 0.717) is 30.3 Å². The van der Waals surface area contributed by atoms with Gasteiger partial charge in [-0.15, -0.1) is 5.10 Å². The summed E-state index contributed by atoms with van der Waals surface area (Å²) in [5, 5.41) is 6.97. The van der Waals surface area contributed by atoms with E-state index in [-0.39, 0.29) is 17.2 Å². The molecule has 1 aromatic heterocycles. The van der Waals surface area contributed by atoms with Crippen molar-refractivity contribution in [3.8, 4) is 11.1 Å². The van der Waals surface area contributed by atoms with Gasteiger partial charge in [0.1, 0.15) is 0 Å². The molecule has 0 radical (unpaired) electrons. The molecule has 0 amide bonds. The van der Waals surface area contributed by atoms with Crippen LogP contribution in [0.15, 0.2) is 64.5 Å². The van der Waals surface area contributed by atoms with Gasteiger partial charge < -0.3 is 4.74 Å². The third-order valence-corrected chi connectivity index (χ3v) is 5.08. The quantitative estimate of drug-likeness (QED) is 0.349. The largest absolute Gasteiger partial charge is 0.385 e. The van der Waals surface area contributed by atoms with Gasteiger partial charge in [0, 0.05) is 25.8 Å². The molecule has 6 nitrogen and oxygen atoms in total. The minimum absolute atomic E-state index is 0.00139. The fraction of sp³-hybridized carbons (Fsp3) is 0.250. The first-order valence-electron chi connectivity index (χ1n) is 8.64. The molecule has 3 aromatic rings. The highest BCUT2D eigenvalue weighted by Gasteiger charge is 2.12. The second-order valence-electron chi connectivity index (χ2n) is 5.96. The number of aromatic amines is 1. The molecule has 0 fully saturated rings. The van der Waals surface area contributed by atoms with Crippen LogP contribution in [0.1, 0.15) is 16.8 Å². The summed E-state index contributed by atoms with van der Waals surface area (Å²) < 4.78 is 6.55. The molecule has 3 rings (SSSR count). The van der Waals surface area contributed by atoms with E-state index in [4.69, 9.17) is 4.74 Å². The molecule has 0 saturated carbocycles. The topological polar surface area (TPSA) is 77.0 Å². The van der Waals surface area contributed by atoms with Gasteiger partial charge in [-0.2, -0.15) is 0 Å². The van der Waals surface area contributed by atoms with Crippen LogP contribution >= 0.6 is 11.8 Å². The minimum atomic E-state index is -0.270. The lowest BCUT2D eigenvalue weighted by Gasteiger charge is -2.06. The Bertz CT molecular complexity index is 933. The van der Waals surface area contributed by atoms with Crippen LogP contribution in [0.3, 0.4) is 0 Å². The van der Waals surface area contributed by atoms with E-state index in [9.17, 15) is 9.59 Å². The number of rotatable bonds is 9. The molecule has 0 aliphatic rings. The predicted molar refractivity (Wildman–Crippen MR) is 106 cm³/mol. The van der Waals surface area contributed by atoms with Crippen molar-refractivity contribution in [1.29, 1.82) is 0 Å². The Hall–Kier alpha value is -2.64. The van der Waals surface area contributed by atoms with Gasteiger partial charge in [0.25, 0.3) is 0 Å². The zero-order chi connectivity index (χ0) is 19.1. The Kier molecular flexibility index (Phi) is 6.62. The van der Waals surface area contributed by atoms with E-state index in [2.05, 4.69) is 10.2 Å². The van der Waals surface area contributed by atoms with Crippen molar-refractivity contribution in [2.75, 3.05) is 19.5 Å². The summed E-state index contributed by atoms with van der Waals surface area (Å²) in [6.07, 6.45) is 0.707. The van der Waals surface area contributed by atoms with Crippen LogP contribution in [0.4, 0.5) is 0 Å². The fourth-order valence-corrected chi connectivity index (χ4v) is 3.54. The Morgan fingerprint density at radius 1 is 1.11 bits per heavy atom. The SMILES string of the molecule is COCCCn1c(SCC(=O)c2ccc(-c3ccccc3)cc2)n[nH]c1=O. The Labute approximate surface area is 161 Å². The molecule has 0 saturated heterocycles. The van der Waals surface area contributed by atoms with Crippen LogP contribution < -0.4 is 5.69 Å². The highest BCUT2D eigenvalue weighted by molar-refractivity contribution is 7.99. The van der Waals surface area contributed by atoms with Crippen LogP contribution in [-0.4, -0.2) is 40.0 Å². The summed E-state index contributed by atoms with van der Waals surface area (Å²) in [6, 6.07) is 17.6. The number of hydrogen-bond acceptors (Lipinski definition) is 5. The zero-order valence-corrected chi connectivity index (χ0v) is 15.9. The normalized spacial score (nSPS) is 10.9. The lowest BCUT2D eigenvalue weighted by Crippen LogP contribution is -2.18. The highest BCUT2D eigenvalue weighted by Crippen LogP contribution is 2.21. The number of carbonyl (C=O) groups is 1. The van der Waals surface area contributed by atoms with Gasteiger partial charge in [-0.25, -0.2) is 9.89 Å². The summed E-state index contributed by atoms with van der Waals surface area (Å²) in [7, 11) is 1.62. The van der Waals surface area contributed by atoms with Crippen molar-refractivity contribution < 1.29 is 9.53 Å². The molecule has 0 atom stereocenters. The van der Waals surface area contributed by atoms with Gasteiger partial charge in [0.15, 0.2) is 10.9 Å². The molecule has 140 valence electrons. The van der Waals surface area contributed by atoms with E-state index in [1.165, 1.54) is 16.3 Å². The second-order valence-corrected chi connectivity index (χ2v) is 6.91. The van der Waals surface area contributed by atoms with Gasteiger partial charge >= 0.3 is 5.69 Å². The summed E-state index contributed by atoms with van der Waals surface area (Å²) in [5.74, 6) is 0.220. The van der Waals surface area contributed by atoms with Crippen LogP contribution in [-0.2, 0) is 11.3 Å². The second kappa shape index (κ2) is 9.34. The summed E-state index contributed by atoms with van der Waals surface area (Å²) >= 11 is 1.26. The van der Waals surface area contributed by atoms with Crippen LogP contribution in [0.25, 0.3) is 11.1 Å². The number of ketones is 1. The lowest BCUT2D eigenvalue weighted by molar-refractivity contribution is 0.102. The lowest BCUT2D eigenvalue weighted by atomic mass is 10.0. The molecule has 0 spiro atoms. The minimum Gasteiger partial charge on any atom is -0.385 e.